The Balaban J connectivity index is 2.12. The number of nitrogens with zero attached hydrogens (tertiary/aromatic N) is 1. The van der Waals surface area contributed by atoms with Crippen molar-refractivity contribution in [3.8, 4) is 0 Å². The lowest BCUT2D eigenvalue weighted by molar-refractivity contribution is -0.159. The standard InChI is InChI=1S/C15H15NO5/c1-9(14(19)20-15(2,3)4)21-16-12(17)10-7-5-6-8-11(10)13(16)18/h5-8H,1H2,2-4H3. The summed E-state index contributed by atoms with van der Waals surface area (Å²) in [5.74, 6) is -2.54. The number of ether oxygens (including phenoxy) is 1. The van der Waals surface area contributed by atoms with Crippen molar-refractivity contribution in [1.82, 2.24) is 5.06 Å². The lowest BCUT2D eigenvalue weighted by Crippen LogP contribution is -2.33. The van der Waals surface area contributed by atoms with Crippen LogP contribution in [-0.4, -0.2) is 28.4 Å². The molecule has 1 aliphatic heterocycles. The van der Waals surface area contributed by atoms with Gasteiger partial charge in [-0.3, -0.25) is 9.59 Å². The normalized spacial score (nSPS) is 14.0. The zero-order valence-corrected chi connectivity index (χ0v) is 12.0. The van der Waals surface area contributed by atoms with Crippen molar-refractivity contribution in [3.05, 3.63) is 47.7 Å². The Morgan fingerprint density at radius 1 is 1.10 bits per heavy atom. The summed E-state index contributed by atoms with van der Waals surface area (Å²) in [6, 6.07) is 6.29. The number of hydrogen-bond acceptors (Lipinski definition) is 5. The van der Waals surface area contributed by atoms with Crippen LogP contribution >= 0.6 is 0 Å². The Labute approximate surface area is 121 Å². The molecule has 1 aromatic carbocycles. The van der Waals surface area contributed by atoms with Crippen molar-refractivity contribution in [1.29, 1.82) is 0 Å². The quantitative estimate of drug-likeness (QED) is 0.368. The second-order valence-electron chi connectivity index (χ2n) is 5.47. The Bertz CT molecular complexity index is 607. The molecule has 0 atom stereocenters. The third-order valence-electron chi connectivity index (χ3n) is 2.58. The predicted octanol–water partition coefficient (Wildman–Crippen LogP) is 2.07. The van der Waals surface area contributed by atoms with Crippen molar-refractivity contribution in [2.75, 3.05) is 0 Å². The molecule has 0 saturated heterocycles. The fourth-order valence-electron chi connectivity index (χ4n) is 1.73. The molecule has 0 aliphatic carbocycles. The maximum absolute atomic E-state index is 12.0. The summed E-state index contributed by atoms with van der Waals surface area (Å²) in [7, 11) is 0. The van der Waals surface area contributed by atoms with E-state index in [1.54, 1.807) is 32.9 Å². The lowest BCUT2D eigenvalue weighted by Gasteiger charge is -2.21. The predicted molar refractivity (Wildman–Crippen MR) is 73.0 cm³/mol. The number of carbonyl (C=O) groups excluding carboxylic acids is 3. The van der Waals surface area contributed by atoms with Crippen LogP contribution in [0.15, 0.2) is 36.6 Å². The fraction of sp³-hybridized carbons (Fsp3) is 0.267. The monoisotopic (exact) mass is 289 g/mol. The van der Waals surface area contributed by atoms with Gasteiger partial charge in [0.05, 0.1) is 11.1 Å². The number of benzene rings is 1. The Hall–Kier alpha value is -2.63. The van der Waals surface area contributed by atoms with Crippen LogP contribution in [0.25, 0.3) is 0 Å². The molecule has 0 unspecified atom stereocenters. The molecule has 6 heteroatoms. The van der Waals surface area contributed by atoms with Crippen LogP contribution in [0.3, 0.4) is 0 Å². The van der Waals surface area contributed by atoms with Crippen molar-refractivity contribution in [2.45, 2.75) is 26.4 Å². The smallest absolute Gasteiger partial charge is 0.376 e. The van der Waals surface area contributed by atoms with Gasteiger partial charge in [0.15, 0.2) is 0 Å². The van der Waals surface area contributed by atoms with E-state index in [1.807, 2.05) is 0 Å². The third kappa shape index (κ3) is 2.94. The van der Waals surface area contributed by atoms with Crippen LogP contribution in [0.2, 0.25) is 0 Å². The van der Waals surface area contributed by atoms with Gasteiger partial charge in [-0.05, 0) is 39.5 Å². The minimum absolute atomic E-state index is 0.222. The van der Waals surface area contributed by atoms with Crippen LogP contribution in [0, 0.1) is 0 Å². The van der Waals surface area contributed by atoms with Crippen LogP contribution in [-0.2, 0) is 14.4 Å². The second-order valence-corrected chi connectivity index (χ2v) is 5.47. The molecule has 0 bridgehead atoms. The van der Waals surface area contributed by atoms with Gasteiger partial charge < -0.3 is 9.57 Å². The molecule has 2 rings (SSSR count). The molecular formula is C15H15NO5. The van der Waals surface area contributed by atoms with Gasteiger partial charge in [0.25, 0.3) is 11.8 Å². The molecule has 110 valence electrons. The largest absolute Gasteiger partial charge is 0.454 e. The molecule has 0 aromatic heterocycles. The van der Waals surface area contributed by atoms with Crippen LogP contribution in [0.4, 0.5) is 0 Å². The number of amides is 2. The van der Waals surface area contributed by atoms with E-state index >= 15 is 0 Å². The number of hydrogen-bond donors (Lipinski definition) is 0. The summed E-state index contributed by atoms with van der Waals surface area (Å²) in [5.41, 5.74) is -0.287. The first kappa shape index (κ1) is 14.8. The van der Waals surface area contributed by atoms with Crippen LogP contribution in [0.1, 0.15) is 41.5 Å². The van der Waals surface area contributed by atoms with Gasteiger partial charge in [-0.2, -0.15) is 0 Å². The number of esters is 1. The van der Waals surface area contributed by atoms with Gasteiger partial charge in [-0.1, -0.05) is 17.2 Å². The van der Waals surface area contributed by atoms with E-state index in [1.165, 1.54) is 12.1 Å². The minimum Gasteiger partial charge on any atom is -0.454 e. The van der Waals surface area contributed by atoms with Gasteiger partial charge in [0.2, 0.25) is 5.76 Å². The summed E-state index contributed by atoms with van der Waals surface area (Å²) in [6.45, 7) is 8.43. The molecule has 1 aromatic rings. The highest BCUT2D eigenvalue weighted by Crippen LogP contribution is 2.24. The maximum atomic E-state index is 12.0. The highest BCUT2D eigenvalue weighted by atomic mass is 16.7. The van der Waals surface area contributed by atoms with Gasteiger partial charge in [0, 0.05) is 0 Å². The molecule has 6 nitrogen and oxygen atoms in total. The summed E-state index contributed by atoms with van der Waals surface area (Å²) in [5, 5.41) is 0.511. The Morgan fingerprint density at radius 2 is 1.57 bits per heavy atom. The van der Waals surface area contributed by atoms with E-state index in [0.717, 1.165) is 0 Å². The maximum Gasteiger partial charge on any atom is 0.376 e. The van der Waals surface area contributed by atoms with Crippen LogP contribution in [0.5, 0.6) is 0 Å². The van der Waals surface area contributed by atoms with Crippen molar-refractivity contribution in [2.24, 2.45) is 0 Å². The topological polar surface area (TPSA) is 72.9 Å². The Morgan fingerprint density at radius 3 is 2.00 bits per heavy atom. The second kappa shape index (κ2) is 5.05. The number of fused-ring (bicyclic) bond motifs is 1. The van der Waals surface area contributed by atoms with Gasteiger partial charge in [-0.25, -0.2) is 4.79 Å². The molecule has 0 radical (unpaired) electrons. The van der Waals surface area contributed by atoms with E-state index in [9.17, 15) is 14.4 Å². The molecular weight excluding hydrogens is 274 g/mol. The summed E-state index contributed by atoms with van der Waals surface area (Å²) in [4.78, 5) is 40.8. The number of imide groups is 1. The number of carbonyl (C=O) groups is 3. The van der Waals surface area contributed by atoms with Gasteiger partial charge in [0.1, 0.15) is 5.60 Å². The zero-order valence-electron chi connectivity index (χ0n) is 12.0. The molecule has 0 N–H and O–H groups in total. The molecule has 21 heavy (non-hydrogen) atoms. The zero-order chi connectivity index (χ0) is 15.8. The van der Waals surface area contributed by atoms with Crippen molar-refractivity contribution < 1.29 is 24.0 Å². The third-order valence-corrected chi connectivity index (χ3v) is 2.58. The Kier molecular flexibility index (Phi) is 3.55. The average Bonchev–Trinajstić information content (AvgIpc) is 2.62. The van der Waals surface area contributed by atoms with Gasteiger partial charge >= 0.3 is 5.97 Å². The first-order chi connectivity index (χ1) is 9.70. The summed E-state index contributed by atoms with van der Waals surface area (Å²) < 4.78 is 5.04. The first-order valence-electron chi connectivity index (χ1n) is 6.29. The van der Waals surface area contributed by atoms with Crippen molar-refractivity contribution >= 4 is 17.8 Å². The highest BCUT2D eigenvalue weighted by molar-refractivity contribution is 6.20. The van der Waals surface area contributed by atoms with Crippen LogP contribution < -0.4 is 0 Å². The molecule has 2 amide bonds. The van der Waals surface area contributed by atoms with E-state index in [-0.39, 0.29) is 11.1 Å². The molecule has 1 aliphatic rings. The molecule has 0 fully saturated rings. The molecule has 0 spiro atoms. The number of rotatable bonds is 3. The fourth-order valence-corrected chi connectivity index (χ4v) is 1.73. The van der Waals surface area contributed by atoms with E-state index in [2.05, 4.69) is 6.58 Å². The van der Waals surface area contributed by atoms with E-state index in [4.69, 9.17) is 9.57 Å². The average molecular weight is 289 g/mol. The van der Waals surface area contributed by atoms with E-state index in [0.29, 0.717) is 5.06 Å². The summed E-state index contributed by atoms with van der Waals surface area (Å²) >= 11 is 0. The summed E-state index contributed by atoms with van der Waals surface area (Å²) in [6.07, 6.45) is 0. The SMILES string of the molecule is C=C(ON1C(=O)c2ccccc2C1=O)C(=O)OC(C)(C)C. The number of hydroxylamine groups is 2. The molecule has 0 saturated carbocycles. The lowest BCUT2D eigenvalue weighted by atomic mass is 10.1. The van der Waals surface area contributed by atoms with E-state index < -0.39 is 29.1 Å². The first-order valence-corrected chi connectivity index (χ1v) is 6.29. The molecule has 1 heterocycles. The van der Waals surface area contributed by atoms with Crippen molar-refractivity contribution in [3.63, 3.8) is 0 Å². The van der Waals surface area contributed by atoms with Gasteiger partial charge in [-0.15, -0.1) is 0 Å². The highest BCUT2D eigenvalue weighted by Gasteiger charge is 2.38. The minimum atomic E-state index is -0.834.